The fourth-order valence-electron chi connectivity index (χ4n) is 3.36. The summed E-state index contributed by atoms with van der Waals surface area (Å²) >= 11 is -0.969. The van der Waals surface area contributed by atoms with Crippen molar-refractivity contribution in [1.82, 2.24) is 14.1 Å². The van der Waals surface area contributed by atoms with E-state index in [0.717, 1.165) is 30.6 Å². The monoisotopic (exact) mass is 388 g/mol. The van der Waals surface area contributed by atoms with Gasteiger partial charge in [-0.05, 0) is 31.4 Å². The van der Waals surface area contributed by atoms with Gasteiger partial charge in [0, 0.05) is 24.5 Å². The molecule has 2 aromatic rings. The molecule has 2 fully saturated rings. The topological polar surface area (TPSA) is 73.7 Å². The molecule has 7 nitrogen and oxygen atoms in total. The van der Waals surface area contributed by atoms with E-state index in [9.17, 15) is 9.35 Å². The molecule has 2 aliphatic rings. The first-order chi connectivity index (χ1) is 13.1. The highest BCUT2D eigenvalue weighted by molar-refractivity contribution is 7.88. The molecule has 0 amide bonds. The highest BCUT2D eigenvalue weighted by Gasteiger charge is 2.29. The summed E-state index contributed by atoms with van der Waals surface area (Å²) in [6, 6.07) is 9.39. The summed E-state index contributed by atoms with van der Waals surface area (Å²) in [7, 11) is 0. The molecule has 1 saturated heterocycles. The zero-order valence-corrected chi connectivity index (χ0v) is 16.2. The molecule has 0 spiro atoms. The van der Waals surface area contributed by atoms with E-state index in [4.69, 9.17) is 4.74 Å². The Morgan fingerprint density at radius 1 is 1.15 bits per heavy atom. The lowest BCUT2D eigenvalue weighted by atomic mass is 9.96. The van der Waals surface area contributed by atoms with Gasteiger partial charge in [0.1, 0.15) is 11.9 Å². The summed E-state index contributed by atoms with van der Waals surface area (Å²) in [5.74, 6) is 0.379. The van der Waals surface area contributed by atoms with Crippen LogP contribution in [0.4, 0.5) is 5.69 Å². The van der Waals surface area contributed by atoms with Crippen molar-refractivity contribution in [3.8, 4) is 11.4 Å². The lowest BCUT2D eigenvalue weighted by Gasteiger charge is -2.36. The molecule has 1 aliphatic heterocycles. The van der Waals surface area contributed by atoms with Crippen molar-refractivity contribution in [3.63, 3.8) is 0 Å². The standard InChI is InChI=1S/C19H24N4O3S/c1-27(25)22-12-10-21(11-13-22)17-14-20-23(15-6-3-2-4-7-15)19(24)18(17)26-16-8-5-9-16/h2-4,6-7,14,16H,5,8-13H2,1H3. The van der Waals surface area contributed by atoms with Crippen molar-refractivity contribution >= 4 is 17.0 Å². The third kappa shape index (κ3) is 3.83. The molecular weight excluding hydrogens is 364 g/mol. The number of benzene rings is 1. The molecule has 0 bridgehead atoms. The first kappa shape index (κ1) is 18.3. The van der Waals surface area contributed by atoms with Crippen molar-refractivity contribution in [3.05, 3.63) is 46.9 Å². The van der Waals surface area contributed by atoms with E-state index in [2.05, 4.69) is 10.00 Å². The Balaban J connectivity index is 1.66. The molecule has 1 unspecified atom stereocenters. The summed E-state index contributed by atoms with van der Waals surface area (Å²) in [5.41, 5.74) is 1.23. The van der Waals surface area contributed by atoms with Gasteiger partial charge in [-0.25, -0.2) is 0 Å². The second-order valence-corrected chi connectivity index (χ2v) is 8.29. The summed E-state index contributed by atoms with van der Waals surface area (Å²) < 4.78 is 21.1. The van der Waals surface area contributed by atoms with Crippen molar-refractivity contribution in [2.45, 2.75) is 25.4 Å². The Morgan fingerprint density at radius 3 is 2.44 bits per heavy atom. The van der Waals surface area contributed by atoms with Gasteiger partial charge in [-0.2, -0.15) is 9.78 Å². The number of nitrogens with zero attached hydrogens (tertiary/aromatic N) is 4. The zero-order valence-electron chi connectivity index (χ0n) is 15.4. The van der Waals surface area contributed by atoms with E-state index in [-0.39, 0.29) is 11.7 Å². The normalized spacial score (nSPS) is 19.6. The zero-order chi connectivity index (χ0) is 18.8. The Morgan fingerprint density at radius 2 is 1.85 bits per heavy atom. The van der Waals surface area contributed by atoms with E-state index < -0.39 is 11.4 Å². The predicted octanol–water partition coefficient (Wildman–Crippen LogP) is 1.58. The van der Waals surface area contributed by atoms with Crippen LogP contribution in [0.25, 0.3) is 5.69 Å². The van der Waals surface area contributed by atoms with Crippen molar-refractivity contribution in [1.29, 1.82) is 0 Å². The molecule has 1 aliphatic carbocycles. The minimum absolute atomic E-state index is 0.104. The molecule has 1 atom stereocenters. The fraction of sp³-hybridized carbons (Fsp3) is 0.474. The number of para-hydroxylation sites is 1. The largest absolute Gasteiger partial charge is 0.598 e. The number of rotatable bonds is 5. The maximum Gasteiger partial charge on any atom is 0.316 e. The lowest BCUT2D eigenvalue weighted by molar-refractivity contribution is 0.118. The highest BCUT2D eigenvalue weighted by atomic mass is 32.2. The van der Waals surface area contributed by atoms with Gasteiger partial charge in [-0.3, -0.25) is 4.79 Å². The van der Waals surface area contributed by atoms with Gasteiger partial charge < -0.3 is 14.2 Å². The summed E-state index contributed by atoms with van der Waals surface area (Å²) in [6.45, 7) is 2.76. The molecule has 1 aromatic carbocycles. The van der Waals surface area contributed by atoms with Crippen LogP contribution in [0.1, 0.15) is 19.3 Å². The molecule has 0 N–H and O–H groups in total. The quantitative estimate of drug-likeness (QED) is 0.724. The molecule has 1 aromatic heterocycles. The van der Waals surface area contributed by atoms with Crippen LogP contribution in [0.2, 0.25) is 0 Å². The van der Waals surface area contributed by atoms with Crippen molar-refractivity contribution < 1.29 is 9.29 Å². The smallest absolute Gasteiger partial charge is 0.316 e. The third-order valence-electron chi connectivity index (χ3n) is 5.20. The fourth-order valence-corrected chi connectivity index (χ4v) is 4.04. The second-order valence-electron chi connectivity index (χ2n) is 6.92. The summed E-state index contributed by atoms with van der Waals surface area (Å²) in [5, 5.41) is 4.40. The first-order valence-corrected chi connectivity index (χ1v) is 10.8. The second kappa shape index (κ2) is 7.92. The van der Waals surface area contributed by atoms with Crippen LogP contribution in [0.5, 0.6) is 5.75 Å². The van der Waals surface area contributed by atoms with Gasteiger partial charge in [0.15, 0.2) is 0 Å². The van der Waals surface area contributed by atoms with Crippen LogP contribution >= 0.6 is 0 Å². The van der Waals surface area contributed by atoms with E-state index in [0.29, 0.717) is 31.9 Å². The first-order valence-electron chi connectivity index (χ1n) is 9.31. The molecule has 2 heterocycles. The average molecular weight is 388 g/mol. The number of hydrogen-bond acceptors (Lipinski definition) is 6. The van der Waals surface area contributed by atoms with E-state index in [1.165, 1.54) is 4.68 Å². The Kier molecular flexibility index (Phi) is 5.38. The molecule has 1 saturated carbocycles. The minimum atomic E-state index is -0.969. The lowest BCUT2D eigenvalue weighted by Crippen LogP contribution is -2.49. The predicted molar refractivity (Wildman–Crippen MR) is 106 cm³/mol. The number of ether oxygens (including phenoxy) is 1. The van der Waals surface area contributed by atoms with Crippen LogP contribution in [-0.4, -0.2) is 57.2 Å². The Labute approximate surface area is 161 Å². The molecule has 4 rings (SSSR count). The van der Waals surface area contributed by atoms with Gasteiger partial charge in [0.25, 0.3) is 0 Å². The van der Waals surface area contributed by atoms with E-state index >= 15 is 0 Å². The molecule has 0 radical (unpaired) electrons. The molecule has 27 heavy (non-hydrogen) atoms. The van der Waals surface area contributed by atoms with E-state index in [1.54, 1.807) is 12.5 Å². The van der Waals surface area contributed by atoms with Gasteiger partial charge in [-0.1, -0.05) is 18.2 Å². The molecular formula is C19H24N4O3S. The SMILES string of the molecule is C[S+]([O-])N1CCN(c2cnn(-c3ccccc3)c(=O)c2OC2CCC2)CC1. The number of aromatic nitrogens is 2. The average Bonchev–Trinajstić information content (AvgIpc) is 2.66. The van der Waals surface area contributed by atoms with Crippen LogP contribution < -0.4 is 15.2 Å². The van der Waals surface area contributed by atoms with Gasteiger partial charge in [-0.15, -0.1) is 4.31 Å². The third-order valence-corrected chi connectivity index (χ3v) is 6.29. The maximum atomic E-state index is 13.2. The number of anilines is 1. The van der Waals surface area contributed by atoms with Gasteiger partial charge >= 0.3 is 5.56 Å². The van der Waals surface area contributed by atoms with Crippen molar-refractivity contribution in [2.24, 2.45) is 0 Å². The maximum absolute atomic E-state index is 13.2. The number of piperazine rings is 1. The van der Waals surface area contributed by atoms with Crippen molar-refractivity contribution in [2.75, 3.05) is 37.3 Å². The Bertz CT molecular complexity index is 831. The molecule has 144 valence electrons. The van der Waals surface area contributed by atoms with Gasteiger partial charge in [0.2, 0.25) is 5.75 Å². The Hall–Kier alpha value is -2.03. The number of hydrogen-bond donors (Lipinski definition) is 0. The summed E-state index contributed by atoms with van der Waals surface area (Å²) in [6.07, 6.45) is 6.63. The van der Waals surface area contributed by atoms with Crippen LogP contribution in [0.15, 0.2) is 41.3 Å². The van der Waals surface area contributed by atoms with Crippen LogP contribution in [-0.2, 0) is 11.4 Å². The van der Waals surface area contributed by atoms with Gasteiger partial charge in [0.05, 0.1) is 31.1 Å². The van der Waals surface area contributed by atoms with E-state index in [1.807, 2.05) is 34.6 Å². The van der Waals surface area contributed by atoms with Crippen LogP contribution in [0.3, 0.4) is 0 Å². The molecule has 8 heteroatoms. The summed E-state index contributed by atoms with van der Waals surface area (Å²) in [4.78, 5) is 15.3. The minimum Gasteiger partial charge on any atom is -0.598 e. The van der Waals surface area contributed by atoms with Crippen LogP contribution in [0, 0.1) is 0 Å². The highest BCUT2D eigenvalue weighted by Crippen LogP contribution is 2.30.